The topological polar surface area (TPSA) is 99.3 Å². The largest absolute Gasteiger partial charge is 2.00 e. The van der Waals surface area contributed by atoms with Crippen LogP contribution in [0.2, 0.25) is 5.02 Å². The molecular formula is C17H13BaClN2O4S+2. The van der Waals surface area contributed by atoms with Crippen LogP contribution in [0.25, 0.3) is 10.8 Å². The molecule has 0 aromatic heterocycles. The van der Waals surface area contributed by atoms with Gasteiger partial charge in [-0.2, -0.15) is 8.42 Å². The fourth-order valence-electron chi connectivity index (χ4n) is 2.39. The first-order chi connectivity index (χ1) is 11.8. The Morgan fingerprint density at radius 3 is 2.42 bits per heavy atom. The first-order valence-corrected chi connectivity index (χ1v) is 8.99. The SMILES string of the molecule is Cc1cc(N=Nc2c(O)ccc3ccccc23)c(S(=O)(=O)O)cc1Cl.[Ba+2]. The van der Waals surface area contributed by atoms with Crippen LogP contribution in [0, 0.1) is 6.92 Å². The Morgan fingerprint density at radius 2 is 1.73 bits per heavy atom. The van der Waals surface area contributed by atoms with Gasteiger partial charge in [0.2, 0.25) is 0 Å². The molecule has 0 spiro atoms. The first-order valence-electron chi connectivity index (χ1n) is 7.17. The summed E-state index contributed by atoms with van der Waals surface area (Å²) in [5, 5.41) is 19.7. The van der Waals surface area contributed by atoms with Gasteiger partial charge in [0.15, 0.2) is 0 Å². The van der Waals surface area contributed by atoms with Crippen molar-refractivity contribution in [3.63, 3.8) is 0 Å². The summed E-state index contributed by atoms with van der Waals surface area (Å²) in [6.45, 7) is 1.67. The number of fused-ring (bicyclic) bond motifs is 1. The number of phenols is 1. The van der Waals surface area contributed by atoms with Crippen molar-refractivity contribution in [2.24, 2.45) is 10.2 Å². The second-order valence-electron chi connectivity index (χ2n) is 5.40. The van der Waals surface area contributed by atoms with Gasteiger partial charge in [-0.15, -0.1) is 10.2 Å². The van der Waals surface area contributed by atoms with Crippen molar-refractivity contribution in [2.45, 2.75) is 11.8 Å². The van der Waals surface area contributed by atoms with Crippen LogP contribution in [0.5, 0.6) is 5.75 Å². The van der Waals surface area contributed by atoms with E-state index in [2.05, 4.69) is 10.2 Å². The molecule has 9 heteroatoms. The fraction of sp³-hybridized carbons (Fsp3) is 0.0588. The second kappa shape index (κ2) is 8.41. The molecule has 26 heavy (non-hydrogen) atoms. The predicted octanol–water partition coefficient (Wildman–Crippen LogP) is 4.79. The molecule has 0 aliphatic rings. The zero-order valence-corrected chi connectivity index (χ0v) is 19.7. The molecule has 0 saturated carbocycles. The Morgan fingerprint density at radius 1 is 1.04 bits per heavy atom. The van der Waals surface area contributed by atoms with E-state index < -0.39 is 15.0 Å². The maximum atomic E-state index is 11.6. The van der Waals surface area contributed by atoms with E-state index >= 15 is 0 Å². The second-order valence-corrected chi connectivity index (χ2v) is 7.20. The van der Waals surface area contributed by atoms with E-state index in [1.54, 1.807) is 25.1 Å². The quantitative estimate of drug-likeness (QED) is 0.299. The zero-order chi connectivity index (χ0) is 18.2. The molecule has 3 aromatic carbocycles. The van der Waals surface area contributed by atoms with Crippen LogP contribution in [0.1, 0.15) is 5.56 Å². The number of phenolic OH excluding ortho intramolecular Hbond substituents is 1. The molecule has 128 valence electrons. The van der Waals surface area contributed by atoms with Gasteiger partial charge in [0.25, 0.3) is 10.1 Å². The summed E-state index contributed by atoms with van der Waals surface area (Å²) in [4.78, 5) is -0.452. The first kappa shape index (κ1) is 21.4. The van der Waals surface area contributed by atoms with Crippen molar-refractivity contribution in [2.75, 3.05) is 0 Å². The number of rotatable bonds is 3. The van der Waals surface area contributed by atoms with E-state index in [-0.39, 0.29) is 71.0 Å². The number of nitrogens with zero attached hydrogens (tertiary/aromatic N) is 2. The minimum absolute atomic E-state index is 0. The van der Waals surface area contributed by atoms with Crippen LogP contribution in [-0.4, -0.2) is 67.0 Å². The van der Waals surface area contributed by atoms with Gasteiger partial charge >= 0.3 is 48.9 Å². The van der Waals surface area contributed by atoms with Gasteiger partial charge in [0.05, 0.1) is 0 Å². The molecule has 0 fully saturated rings. The number of aryl methyl sites for hydroxylation is 1. The van der Waals surface area contributed by atoms with Gasteiger partial charge in [0, 0.05) is 10.4 Å². The average Bonchev–Trinajstić information content (AvgIpc) is 2.55. The normalized spacial score (nSPS) is 11.7. The number of azo groups is 1. The summed E-state index contributed by atoms with van der Waals surface area (Å²) in [7, 11) is -4.53. The third-order valence-electron chi connectivity index (χ3n) is 3.66. The third-order valence-corrected chi connectivity index (χ3v) is 4.95. The van der Waals surface area contributed by atoms with Crippen LogP contribution in [0.15, 0.2) is 63.7 Å². The summed E-state index contributed by atoms with van der Waals surface area (Å²) >= 11 is 5.92. The standard InChI is InChI=1S/C17H13ClN2O4S.Ba/c1-10-8-14(16(9-13(10)18)25(22,23)24)19-20-17-12-5-3-2-4-11(12)6-7-15(17)21;/h2-9,21H,1H3,(H,22,23,24);/q;+2. The number of aromatic hydroxyl groups is 1. The van der Waals surface area contributed by atoms with E-state index in [1.165, 1.54) is 12.1 Å². The average molecular weight is 514 g/mol. The molecule has 0 radical (unpaired) electrons. The molecule has 0 aliphatic carbocycles. The van der Waals surface area contributed by atoms with E-state index in [0.29, 0.717) is 10.9 Å². The molecule has 3 aromatic rings. The minimum Gasteiger partial charge on any atom is -0.506 e. The zero-order valence-electron chi connectivity index (χ0n) is 13.7. The Kier molecular flexibility index (Phi) is 6.92. The number of halogens is 1. The van der Waals surface area contributed by atoms with Crippen molar-refractivity contribution in [1.82, 2.24) is 0 Å². The molecule has 0 aliphatic heterocycles. The van der Waals surface area contributed by atoms with Crippen LogP contribution in [-0.2, 0) is 10.1 Å². The molecule has 0 atom stereocenters. The van der Waals surface area contributed by atoms with Crippen molar-refractivity contribution >= 4 is 92.7 Å². The van der Waals surface area contributed by atoms with E-state index in [9.17, 15) is 18.1 Å². The Bertz CT molecular complexity index is 1120. The van der Waals surface area contributed by atoms with Crippen LogP contribution >= 0.6 is 11.6 Å². The molecule has 6 nitrogen and oxygen atoms in total. The maximum Gasteiger partial charge on any atom is 2.00 e. The van der Waals surface area contributed by atoms with Crippen molar-refractivity contribution in [3.8, 4) is 5.75 Å². The number of hydrogen-bond acceptors (Lipinski definition) is 5. The molecule has 0 bridgehead atoms. The third kappa shape index (κ3) is 4.49. The summed E-state index contributed by atoms with van der Waals surface area (Å²) in [5.74, 6) is -0.0958. The van der Waals surface area contributed by atoms with E-state index in [1.807, 2.05) is 12.1 Å². The van der Waals surface area contributed by atoms with Gasteiger partial charge < -0.3 is 5.11 Å². The fourth-order valence-corrected chi connectivity index (χ4v) is 3.24. The molecule has 2 N–H and O–H groups in total. The van der Waals surface area contributed by atoms with Gasteiger partial charge in [0.1, 0.15) is 22.0 Å². The monoisotopic (exact) mass is 514 g/mol. The molecule has 3 rings (SSSR count). The Hall–Kier alpha value is -0.909. The van der Waals surface area contributed by atoms with Crippen molar-refractivity contribution in [3.05, 3.63) is 59.1 Å². The molecular weight excluding hydrogens is 501 g/mol. The smallest absolute Gasteiger partial charge is 0.506 e. The van der Waals surface area contributed by atoms with Gasteiger partial charge in [-0.05, 0) is 36.1 Å². The molecule has 0 unspecified atom stereocenters. The van der Waals surface area contributed by atoms with Gasteiger partial charge in [-0.1, -0.05) is 41.9 Å². The van der Waals surface area contributed by atoms with Gasteiger partial charge in [-0.3, -0.25) is 4.55 Å². The van der Waals surface area contributed by atoms with E-state index in [0.717, 1.165) is 11.5 Å². The van der Waals surface area contributed by atoms with Crippen molar-refractivity contribution < 1.29 is 18.1 Å². The maximum absolute atomic E-state index is 11.6. The van der Waals surface area contributed by atoms with Crippen molar-refractivity contribution in [1.29, 1.82) is 0 Å². The summed E-state index contributed by atoms with van der Waals surface area (Å²) < 4.78 is 32.5. The summed E-state index contributed by atoms with van der Waals surface area (Å²) in [5.41, 5.74) is 0.703. The molecule has 0 heterocycles. The summed E-state index contributed by atoms with van der Waals surface area (Å²) in [6, 6.07) is 13.0. The van der Waals surface area contributed by atoms with Crippen LogP contribution < -0.4 is 0 Å². The predicted molar refractivity (Wildman–Crippen MR) is 102 cm³/mol. The summed E-state index contributed by atoms with van der Waals surface area (Å²) in [6.07, 6.45) is 0. The number of hydrogen-bond donors (Lipinski definition) is 2. The Labute approximate surface area is 195 Å². The molecule has 0 amide bonds. The van der Waals surface area contributed by atoms with Gasteiger partial charge in [-0.25, -0.2) is 0 Å². The van der Waals surface area contributed by atoms with Crippen LogP contribution in [0.3, 0.4) is 0 Å². The van der Waals surface area contributed by atoms with Crippen LogP contribution in [0.4, 0.5) is 11.4 Å². The Balaban J connectivity index is 0.00000243. The van der Waals surface area contributed by atoms with E-state index in [4.69, 9.17) is 11.6 Å². The minimum atomic E-state index is -4.53. The number of benzene rings is 3. The molecule has 0 saturated heterocycles.